The number of sulfonamides is 1. The number of rotatable bonds is 7. The number of aryl methyl sites for hydroxylation is 2. The Bertz CT molecular complexity index is 1160. The fourth-order valence-corrected chi connectivity index (χ4v) is 4.14. The molecule has 3 rings (SSSR count). The molecule has 6 nitrogen and oxygen atoms in total. The van der Waals surface area contributed by atoms with E-state index in [4.69, 9.17) is 16.3 Å². The molecule has 0 aliphatic heterocycles. The fraction of sp³-hybridized carbons (Fsp3) is 0.174. The molecular formula is C23H23ClN2O4S. The van der Waals surface area contributed by atoms with Crippen molar-refractivity contribution in [2.45, 2.75) is 31.8 Å². The van der Waals surface area contributed by atoms with Gasteiger partial charge in [0.1, 0.15) is 5.75 Å². The third-order valence-corrected chi connectivity index (χ3v) is 6.06. The topological polar surface area (TPSA) is 84.5 Å². The van der Waals surface area contributed by atoms with Gasteiger partial charge in [-0.1, -0.05) is 17.7 Å². The first kappa shape index (κ1) is 22.7. The Balaban J connectivity index is 1.63. The maximum Gasteiger partial charge on any atom is 0.265 e. The maximum absolute atomic E-state index is 12.5. The lowest BCUT2D eigenvalue weighted by Crippen LogP contribution is -2.30. The Morgan fingerprint density at radius 1 is 0.903 bits per heavy atom. The zero-order chi connectivity index (χ0) is 22.6. The number of anilines is 2. The summed E-state index contributed by atoms with van der Waals surface area (Å²) in [6, 6.07) is 18.0. The second-order valence-electron chi connectivity index (χ2n) is 7.21. The van der Waals surface area contributed by atoms with Crippen LogP contribution in [0.5, 0.6) is 5.75 Å². The molecule has 3 aromatic rings. The van der Waals surface area contributed by atoms with Crippen molar-refractivity contribution < 1.29 is 17.9 Å². The highest BCUT2D eigenvalue weighted by Crippen LogP contribution is 2.21. The van der Waals surface area contributed by atoms with Gasteiger partial charge in [-0.3, -0.25) is 9.52 Å². The number of ether oxygens (including phenoxy) is 1. The summed E-state index contributed by atoms with van der Waals surface area (Å²) in [5.41, 5.74) is 2.96. The highest BCUT2D eigenvalue weighted by molar-refractivity contribution is 7.92. The molecule has 3 aromatic carbocycles. The first-order chi connectivity index (χ1) is 14.6. The zero-order valence-electron chi connectivity index (χ0n) is 17.3. The van der Waals surface area contributed by atoms with Gasteiger partial charge in [-0.15, -0.1) is 0 Å². The van der Waals surface area contributed by atoms with Crippen molar-refractivity contribution in [3.8, 4) is 5.75 Å². The Kier molecular flexibility index (Phi) is 6.87. The van der Waals surface area contributed by atoms with E-state index < -0.39 is 16.1 Å². The average molecular weight is 459 g/mol. The zero-order valence-corrected chi connectivity index (χ0v) is 18.9. The molecule has 0 saturated heterocycles. The smallest absolute Gasteiger partial charge is 0.265 e. The molecular weight excluding hydrogens is 436 g/mol. The van der Waals surface area contributed by atoms with E-state index in [0.29, 0.717) is 22.1 Å². The van der Waals surface area contributed by atoms with Crippen LogP contribution in [0.4, 0.5) is 11.4 Å². The van der Waals surface area contributed by atoms with Crippen LogP contribution in [0.25, 0.3) is 0 Å². The summed E-state index contributed by atoms with van der Waals surface area (Å²) < 4.78 is 33.3. The van der Waals surface area contributed by atoms with Crippen LogP contribution in [0, 0.1) is 13.8 Å². The minimum Gasteiger partial charge on any atom is -0.481 e. The Morgan fingerprint density at radius 2 is 1.45 bits per heavy atom. The monoisotopic (exact) mass is 458 g/mol. The lowest BCUT2D eigenvalue weighted by molar-refractivity contribution is -0.122. The minimum absolute atomic E-state index is 0.0694. The Morgan fingerprint density at radius 3 is 2.03 bits per heavy atom. The molecule has 0 fully saturated rings. The molecule has 31 heavy (non-hydrogen) atoms. The summed E-state index contributed by atoms with van der Waals surface area (Å²) in [6.07, 6.45) is -0.726. The van der Waals surface area contributed by atoms with Crippen LogP contribution in [0.1, 0.15) is 18.1 Å². The van der Waals surface area contributed by atoms with Crippen molar-refractivity contribution in [1.82, 2.24) is 0 Å². The molecule has 8 heteroatoms. The fourth-order valence-electron chi connectivity index (χ4n) is 2.95. The molecule has 0 heterocycles. The van der Waals surface area contributed by atoms with E-state index >= 15 is 0 Å². The lowest BCUT2D eigenvalue weighted by Gasteiger charge is -2.16. The summed E-state index contributed by atoms with van der Waals surface area (Å²) in [5.74, 6) is 0.281. The van der Waals surface area contributed by atoms with Gasteiger partial charge in [0, 0.05) is 16.4 Å². The third-order valence-electron chi connectivity index (χ3n) is 4.41. The number of nitrogens with one attached hydrogen (secondary N) is 2. The molecule has 0 unspecified atom stereocenters. The maximum atomic E-state index is 12.5. The molecule has 0 saturated carbocycles. The molecule has 0 spiro atoms. The number of carbonyl (C=O) groups excluding carboxylic acids is 1. The van der Waals surface area contributed by atoms with E-state index in [-0.39, 0.29) is 10.8 Å². The van der Waals surface area contributed by atoms with Gasteiger partial charge in [-0.05, 0) is 92.6 Å². The van der Waals surface area contributed by atoms with E-state index in [0.717, 1.165) is 11.1 Å². The van der Waals surface area contributed by atoms with Crippen molar-refractivity contribution in [3.05, 3.63) is 82.9 Å². The van der Waals surface area contributed by atoms with Crippen LogP contribution in [-0.4, -0.2) is 20.4 Å². The molecule has 0 aliphatic rings. The van der Waals surface area contributed by atoms with E-state index in [2.05, 4.69) is 10.0 Å². The van der Waals surface area contributed by atoms with Crippen LogP contribution in [-0.2, 0) is 14.8 Å². The normalized spacial score (nSPS) is 12.1. The van der Waals surface area contributed by atoms with E-state index in [1.807, 2.05) is 32.0 Å². The molecule has 0 aliphatic carbocycles. The molecule has 1 atom stereocenters. The SMILES string of the molecule is Cc1cc(C)cc(O[C@H](C)C(=O)Nc2ccc(S(=O)(=O)Nc3ccc(Cl)cc3)cc2)c1. The number of amides is 1. The van der Waals surface area contributed by atoms with Gasteiger partial charge in [-0.2, -0.15) is 0 Å². The number of carbonyl (C=O) groups is 1. The Labute approximate surface area is 187 Å². The minimum atomic E-state index is -3.77. The van der Waals surface area contributed by atoms with Crippen LogP contribution >= 0.6 is 11.6 Å². The Hall–Kier alpha value is -3.03. The summed E-state index contributed by atoms with van der Waals surface area (Å²) in [4.78, 5) is 12.5. The second-order valence-corrected chi connectivity index (χ2v) is 9.33. The highest BCUT2D eigenvalue weighted by atomic mass is 35.5. The van der Waals surface area contributed by atoms with Crippen molar-refractivity contribution >= 4 is 38.9 Å². The predicted molar refractivity (Wildman–Crippen MR) is 123 cm³/mol. The van der Waals surface area contributed by atoms with Crippen molar-refractivity contribution in [2.24, 2.45) is 0 Å². The van der Waals surface area contributed by atoms with E-state index in [1.54, 1.807) is 31.2 Å². The molecule has 0 bridgehead atoms. The van der Waals surface area contributed by atoms with Crippen LogP contribution < -0.4 is 14.8 Å². The summed E-state index contributed by atoms with van der Waals surface area (Å²) in [7, 11) is -3.77. The first-order valence-corrected chi connectivity index (χ1v) is 11.4. The van der Waals surface area contributed by atoms with Gasteiger partial charge in [-0.25, -0.2) is 8.42 Å². The largest absolute Gasteiger partial charge is 0.481 e. The van der Waals surface area contributed by atoms with Crippen molar-refractivity contribution in [1.29, 1.82) is 0 Å². The quantitative estimate of drug-likeness (QED) is 0.512. The molecule has 2 N–H and O–H groups in total. The molecule has 1 amide bonds. The van der Waals surface area contributed by atoms with E-state index in [9.17, 15) is 13.2 Å². The van der Waals surface area contributed by atoms with Gasteiger partial charge >= 0.3 is 0 Å². The van der Waals surface area contributed by atoms with Gasteiger partial charge in [0.15, 0.2) is 6.10 Å². The molecule has 0 aromatic heterocycles. The first-order valence-electron chi connectivity index (χ1n) is 9.57. The summed E-state index contributed by atoms with van der Waals surface area (Å²) in [5, 5.41) is 3.24. The molecule has 162 valence electrons. The van der Waals surface area contributed by atoms with Crippen LogP contribution in [0.2, 0.25) is 5.02 Å². The summed E-state index contributed by atoms with van der Waals surface area (Å²) >= 11 is 5.82. The van der Waals surface area contributed by atoms with Crippen LogP contribution in [0.3, 0.4) is 0 Å². The lowest BCUT2D eigenvalue weighted by atomic mass is 10.1. The number of halogens is 1. The standard InChI is InChI=1S/C23H23ClN2O4S/c1-15-12-16(2)14-21(13-15)30-17(3)23(27)25-19-8-10-22(11-9-19)31(28,29)26-20-6-4-18(24)5-7-20/h4-14,17,26H,1-3H3,(H,25,27)/t17-/m1/s1. The van der Waals surface area contributed by atoms with Gasteiger partial charge in [0.2, 0.25) is 0 Å². The van der Waals surface area contributed by atoms with Gasteiger partial charge < -0.3 is 10.1 Å². The number of hydrogen-bond donors (Lipinski definition) is 2. The second kappa shape index (κ2) is 9.41. The van der Waals surface area contributed by atoms with E-state index in [1.165, 1.54) is 24.3 Å². The van der Waals surface area contributed by atoms with Gasteiger partial charge in [0.25, 0.3) is 15.9 Å². The van der Waals surface area contributed by atoms with Crippen molar-refractivity contribution in [2.75, 3.05) is 10.0 Å². The van der Waals surface area contributed by atoms with Crippen molar-refractivity contribution in [3.63, 3.8) is 0 Å². The molecule has 0 radical (unpaired) electrons. The highest BCUT2D eigenvalue weighted by Gasteiger charge is 2.17. The predicted octanol–water partition coefficient (Wildman–Crippen LogP) is 5.16. The third kappa shape index (κ3) is 6.23. The summed E-state index contributed by atoms with van der Waals surface area (Å²) in [6.45, 7) is 5.58. The van der Waals surface area contributed by atoms with Crippen LogP contribution in [0.15, 0.2) is 71.6 Å². The number of benzene rings is 3. The average Bonchev–Trinajstić information content (AvgIpc) is 2.69. The number of hydrogen-bond acceptors (Lipinski definition) is 4. The van der Waals surface area contributed by atoms with Gasteiger partial charge in [0.05, 0.1) is 4.90 Å².